The van der Waals surface area contributed by atoms with E-state index in [1.165, 1.54) is 0 Å². The summed E-state index contributed by atoms with van der Waals surface area (Å²) in [5.41, 5.74) is 1.11. The first kappa shape index (κ1) is 18.1. The summed E-state index contributed by atoms with van der Waals surface area (Å²) in [5.74, 6) is 1.86. The molecule has 26 heavy (non-hydrogen) atoms. The van der Waals surface area contributed by atoms with Crippen LogP contribution in [0.3, 0.4) is 0 Å². The average Bonchev–Trinajstić information content (AvgIpc) is 2.70. The van der Waals surface area contributed by atoms with E-state index in [-0.39, 0.29) is 5.91 Å². The molecule has 0 bridgehead atoms. The van der Waals surface area contributed by atoms with E-state index >= 15 is 0 Å². The van der Waals surface area contributed by atoms with E-state index in [4.69, 9.17) is 9.47 Å². The van der Waals surface area contributed by atoms with Crippen molar-refractivity contribution in [2.45, 2.75) is 13.3 Å². The average molecular weight is 354 g/mol. The van der Waals surface area contributed by atoms with Gasteiger partial charge in [-0.1, -0.05) is 30.3 Å². The van der Waals surface area contributed by atoms with Gasteiger partial charge < -0.3 is 19.3 Å². The van der Waals surface area contributed by atoms with Crippen molar-refractivity contribution in [2.24, 2.45) is 0 Å². The molecule has 0 aliphatic carbocycles. The smallest absolute Gasteiger partial charge is 0.226 e. The van der Waals surface area contributed by atoms with Gasteiger partial charge >= 0.3 is 0 Å². The Kier molecular flexibility index (Phi) is 6.36. The number of piperazine rings is 1. The summed E-state index contributed by atoms with van der Waals surface area (Å²) in [7, 11) is 0. The van der Waals surface area contributed by atoms with Crippen molar-refractivity contribution in [2.75, 3.05) is 44.3 Å². The molecular weight excluding hydrogens is 328 g/mol. The van der Waals surface area contributed by atoms with Crippen LogP contribution in [0.15, 0.2) is 54.6 Å². The van der Waals surface area contributed by atoms with Crippen LogP contribution in [0.25, 0.3) is 0 Å². The molecule has 0 N–H and O–H groups in total. The first-order valence-electron chi connectivity index (χ1n) is 9.20. The highest BCUT2D eigenvalue weighted by Gasteiger charge is 2.22. The highest BCUT2D eigenvalue weighted by molar-refractivity contribution is 5.76. The molecule has 3 rings (SSSR count). The van der Waals surface area contributed by atoms with Crippen LogP contribution in [0.1, 0.15) is 13.3 Å². The number of anilines is 1. The van der Waals surface area contributed by atoms with Gasteiger partial charge in [0, 0.05) is 26.2 Å². The number of rotatable bonds is 7. The summed E-state index contributed by atoms with van der Waals surface area (Å²) in [5, 5.41) is 0. The summed E-state index contributed by atoms with van der Waals surface area (Å²) in [6.07, 6.45) is 0.407. The van der Waals surface area contributed by atoms with Crippen molar-refractivity contribution in [3.63, 3.8) is 0 Å². The van der Waals surface area contributed by atoms with Crippen LogP contribution in [0.2, 0.25) is 0 Å². The monoisotopic (exact) mass is 354 g/mol. The lowest BCUT2D eigenvalue weighted by atomic mass is 10.2. The van der Waals surface area contributed by atoms with Crippen LogP contribution in [-0.2, 0) is 4.79 Å². The Balaban J connectivity index is 1.46. The second-order valence-electron chi connectivity index (χ2n) is 6.18. The second kappa shape index (κ2) is 9.13. The van der Waals surface area contributed by atoms with E-state index in [0.717, 1.165) is 43.4 Å². The van der Waals surface area contributed by atoms with Gasteiger partial charge in [0.15, 0.2) is 0 Å². The van der Waals surface area contributed by atoms with Gasteiger partial charge in [-0.05, 0) is 31.2 Å². The molecule has 1 aliphatic rings. The molecule has 2 aromatic carbocycles. The quantitative estimate of drug-likeness (QED) is 0.766. The number of carbonyl (C=O) groups is 1. The van der Waals surface area contributed by atoms with Crippen molar-refractivity contribution in [1.29, 1.82) is 0 Å². The Morgan fingerprint density at radius 1 is 0.923 bits per heavy atom. The summed E-state index contributed by atoms with van der Waals surface area (Å²) >= 11 is 0. The molecule has 5 nitrogen and oxygen atoms in total. The Labute approximate surface area is 155 Å². The minimum atomic E-state index is 0.152. The van der Waals surface area contributed by atoms with Crippen molar-refractivity contribution in [1.82, 2.24) is 4.90 Å². The lowest BCUT2D eigenvalue weighted by molar-refractivity contribution is -0.132. The number of amides is 1. The van der Waals surface area contributed by atoms with Crippen molar-refractivity contribution in [3.8, 4) is 11.5 Å². The third-order valence-corrected chi connectivity index (χ3v) is 4.47. The van der Waals surface area contributed by atoms with Crippen molar-refractivity contribution < 1.29 is 14.3 Å². The largest absolute Gasteiger partial charge is 0.493 e. The number of hydrogen-bond acceptors (Lipinski definition) is 4. The maximum Gasteiger partial charge on any atom is 0.226 e. The van der Waals surface area contributed by atoms with Crippen molar-refractivity contribution >= 4 is 11.6 Å². The highest BCUT2D eigenvalue weighted by Crippen LogP contribution is 2.28. The number of hydrogen-bond donors (Lipinski definition) is 0. The van der Waals surface area contributed by atoms with E-state index < -0.39 is 0 Å². The van der Waals surface area contributed by atoms with Crippen LogP contribution in [-0.4, -0.2) is 50.2 Å². The zero-order valence-corrected chi connectivity index (χ0v) is 15.3. The predicted octanol–water partition coefficient (Wildman–Crippen LogP) is 3.20. The molecule has 0 atom stereocenters. The molecule has 138 valence electrons. The minimum absolute atomic E-state index is 0.152. The molecule has 5 heteroatoms. The van der Waals surface area contributed by atoms with Gasteiger partial charge in [-0.25, -0.2) is 0 Å². The number of ether oxygens (including phenoxy) is 2. The fourth-order valence-corrected chi connectivity index (χ4v) is 3.12. The maximum atomic E-state index is 12.4. The zero-order valence-electron chi connectivity index (χ0n) is 15.3. The van der Waals surface area contributed by atoms with Gasteiger partial charge in [-0.2, -0.15) is 0 Å². The van der Waals surface area contributed by atoms with Gasteiger partial charge in [-0.15, -0.1) is 0 Å². The minimum Gasteiger partial charge on any atom is -0.493 e. The number of carbonyl (C=O) groups excluding carboxylic acids is 1. The van der Waals surface area contributed by atoms with Crippen LogP contribution in [0, 0.1) is 0 Å². The topological polar surface area (TPSA) is 42.0 Å². The predicted molar refractivity (Wildman–Crippen MR) is 103 cm³/mol. The van der Waals surface area contributed by atoms with Gasteiger partial charge in [0.2, 0.25) is 5.91 Å². The molecule has 0 radical (unpaired) electrons. The second-order valence-corrected chi connectivity index (χ2v) is 6.18. The third kappa shape index (κ3) is 4.69. The van der Waals surface area contributed by atoms with E-state index in [2.05, 4.69) is 11.0 Å². The van der Waals surface area contributed by atoms with E-state index in [1.807, 2.05) is 60.4 Å². The summed E-state index contributed by atoms with van der Waals surface area (Å²) in [6, 6.07) is 17.7. The van der Waals surface area contributed by atoms with Gasteiger partial charge in [0.1, 0.15) is 11.5 Å². The Hall–Kier alpha value is -2.69. The van der Waals surface area contributed by atoms with Gasteiger partial charge in [0.25, 0.3) is 0 Å². The third-order valence-electron chi connectivity index (χ3n) is 4.47. The molecule has 0 aromatic heterocycles. The zero-order chi connectivity index (χ0) is 18.2. The highest BCUT2D eigenvalue weighted by atomic mass is 16.5. The maximum absolute atomic E-state index is 12.4. The summed E-state index contributed by atoms with van der Waals surface area (Å²) < 4.78 is 11.3. The van der Waals surface area contributed by atoms with E-state index in [0.29, 0.717) is 19.6 Å². The van der Waals surface area contributed by atoms with Crippen LogP contribution in [0.4, 0.5) is 5.69 Å². The Bertz CT molecular complexity index is 697. The Morgan fingerprint density at radius 3 is 2.35 bits per heavy atom. The lowest BCUT2D eigenvalue weighted by Gasteiger charge is -2.36. The van der Waals surface area contributed by atoms with Crippen LogP contribution >= 0.6 is 0 Å². The number of nitrogens with zero attached hydrogens (tertiary/aromatic N) is 2. The van der Waals surface area contributed by atoms with E-state index in [1.54, 1.807) is 0 Å². The van der Waals surface area contributed by atoms with Crippen LogP contribution in [0.5, 0.6) is 11.5 Å². The first-order chi connectivity index (χ1) is 12.8. The summed E-state index contributed by atoms with van der Waals surface area (Å²) in [6.45, 7) is 6.14. The molecule has 2 aromatic rings. The van der Waals surface area contributed by atoms with Gasteiger partial charge in [-0.3, -0.25) is 4.79 Å². The molecule has 0 spiro atoms. The fourth-order valence-electron chi connectivity index (χ4n) is 3.12. The lowest BCUT2D eigenvalue weighted by Crippen LogP contribution is -2.49. The molecule has 1 aliphatic heterocycles. The molecule has 1 saturated heterocycles. The first-order valence-corrected chi connectivity index (χ1v) is 9.20. The Morgan fingerprint density at radius 2 is 1.62 bits per heavy atom. The normalized spacial score (nSPS) is 14.2. The van der Waals surface area contributed by atoms with Crippen molar-refractivity contribution in [3.05, 3.63) is 54.6 Å². The van der Waals surface area contributed by atoms with Crippen LogP contribution < -0.4 is 14.4 Å². The fraction of sp³-hybridized carbons (Fsp3) is 0.381. The molecule has 1 amide bonds. The SMILES string of the molecule is CCOc1ccccc1N1CCN(C(=O)CCOc2ccccc2)CC1. The van der Waals surface area contributed by atoms with E-state index in [9.17, 15) is 4.79 Å². The standard InChI is InChI=1S/C21H26N2O3/c1-2-25-20-11-7-6-10-19(20)22-13-15-23(16-14-22)21(24)12-17-26-18-8-4-3-5-9-18/h3-11H,2,12-17H2,1H3. The molecule has 1 heterocycles. The molecular formula is C21H26N2O3. The molecule has 0 unspecified atom stereocenters. The molecule has 0 saturated carbocycles. The number of para-hydroxylation sites is 3. The number of benzene rings is 2. The summed E-state index contributed by atoms with van der Waals surface area (Å²) in [4.78, 5) is 16.6. The molecule has 1 fully saturated rings. The van der Waals surface area contributed by atoms with Gasteiger partial charge in [0.05, 0.1) is 25.3 Å².